The Balaban J connectivity index is 1.36. The number of rotatable bonds is 6. The van der Waals surface area contributed by atoms with Gasteiger partial charge in [0.05, 0.1) is 28.3 Å². The standard InChI is InChI=1S/C25H26ClF3N6O3/c1-25(2,3)38-24(36)35-10-13-6-14(35)9-34(13)21-5-4-17-22(33-21)23(31-12-30-17)32-18-7-15(26)19(8-16(18)27)37-11-20(28)29/h4-5,7-8,12-14,20H,6,9-11H2,1-3H3,(H,30,31,32)/t13-,14-/m0/s1. The van der Waals surface area contributed by atoms with Gasteiger partial charge < -0.3 is 24.6 Å². The van der Waals surface area contributed by atoms with Crippen molar-refractivity contribution in [1.29, 1.82) is 0 Å². The first-order chi connectivity index (χ1) is 18.0. The number of hydrogen-bond acceptors (Lipinski definition) is 8. The smallest absolute Gasteiger partial charge is 0.410 e. The zero-order chi connectivity index (χ0) is 27.2. The highest BCUT2D eigenvalue weighted by Crippen LogP contribution is 2.37. The van der Waals surface area contributed by atoms with Crippen LogP contribution in [0.5, 0.6) is 5.75 Å². The lowest BCUT2D eigenvalue weighted by atomic mass is 10.2. The Labute approximate surface area is 221 Å². The lowest BCUT2D eigenvalue weighted by molar-refractivity contribution is 0.0214. The molecule has 1 N–H and O–H groups in total. The summed E-state index contributed by atoms with van der Waals surface area (Å²) in [6, 6.07) is 5.92. The van der Waals surface area contributed by atoms with Gasteiger partial charge in [0.25, 0.3) is 6.43 Å². The first-order valence-electron chi connectivity index (χ1n) is 12.0. The predicted molar refractivity (Wildman–Crippen MR) is 136 cm³/mol. The molecule has 202 valence electrons. The minimum Gasteiger partial charge on any atom is -0.486 e. The lowest BCUT2D eigenvalue weighted by Gasteiger charge is -2.35. The number of carbonyl (C=O) groups is 1. The molecule has 3 aromatic rings. The van der Waals surface area contributed by atoms with Gasteiger partial charge in [-0.15, -0.1) is 0 Å². The molecule has 0 aliphatic carbocycles. The van der Waals surface area contributed by atoms with Crippen LogP contribution in [-0.2, 0) is 4.74 Å². The van der Waals surface area contributed by atoms with Crippen molar-refractivity contribution in [3.8, 4) is 5.75 Å². The molecule has 2 fully saturated rings. The number of fused-ring (bicyclic) bond motifs is 3. The minimum atomic E-state index is -2.72. The highest BCUT2D eigenvalue weighted by molar-refractivity contribution is 6.32. The summed E-state index contributed by atoms with van der Waals surface area (Å²) < 4.78 is 50.1. The third-order valence-corrected chi connectivity index (χ3v) is 6.56. The molecule has 2 aliphatic heterocycles. The average Bonchev–Trinajstić information content (AvgIpc) is 3.45. The van der Waals surface area contributed by atoms with Crippen LogP contribution in [-0.4, -0.2) is 69.8 Å². The van der Waals surface area contributed by atoms with Crippen LogP contribution < -0.4 is 15.0 Å². The molecule has 4 heterocycles. The van der Waals surface area contributed by atoms with Crippen LogP contribution in [0.4, 0.5) is 35.3 Å². The quantitative estimate of drug-likeness (QED) is 0.436. The predicted octanol–water partition coefficient (Wildman–Crippen LogP) is 5.40. The summed E-state index contributed by atoms with van der Waals surface area (Å²) in [5.74, 6) is -0.0260. The number of carbonyl (C=O) groups excluding carboxylic acids is 1. The summed E-state index contributed by atoms with van der Waals surface area (Å²) in [6.07, 6.45) is -0.908. The molecule has 0 saturated carbocycles. The van der Waals surface area contributed by atoms with Crippen molar-refractivity contribution >= 4 is 46.1 Å². The molecule has 2 atom stereocenters. The van der Waals surface area contributed by atoms with Gasteiger partial charge in [0.15, 0.2) is 5.82 Å². The molecule has 13 heteroatoms. The van der Waals surface area contributed by atoms with E-state index in [2.05, 4.69) is 20.2 Å². The van der Waals surface area contributed by atoms with Crippen LogP contribution in [0.25, 0.3) is 11.0 Å². The second-order valence-electron chi connectivity index (χ2n) is 10.2. The molecule has 2 aliphatic rings. The molecule has 1 amide bonds. The molecule has 0 unspecified atom stereocenters. The van der Waals surface area contributed by atoms with Gasteiger partial charge >= 0.3 is 6.09 Å². The van der Waals surface area contributed by atoms with Crippen LogP contribution in [0.15, 0.2) is 30.6 Å². The molecule has 2 saturated heterocycles. The topological polar surface area (TPSA) is 92.7 Å². The van der Waals surface area contributed by atoms with Gasteiger partial charge in [-0.3, -0.25) is 0 Å². The normalized spacial score (nSPS) is 18.9. The van der Waals surface area contributed by atoms with E-state index in [1.807, 2.05) is 26.8 Å². The maximum absolute atomic E-state index is 14.8. The highest BCUT2D eigenvalue weighted by atomic mass is 35.5. The number of nitrogens with one attached hydrogen (secondary N) is 1. The number of nitrogens with zero attached hydrogens (tertiary/aromatic N) is 5. The van der Waals surface area contributed by atoms with Gasteiger partial charge in [-0.2, -0.15) is 0 Å². The van der Waals surface area contributed by atoms with Crippen molar-refractivity contribution in [3.05, 3.63) is 41.4 Å². The van der Waals surface area contributed by atoms with Crippen molar-refractivity contribution in [2.75, 3.05) is 29.9 Å². The first kappa shape index (κ1) is 26.1. The van der Waals surface area contributed by atoms with Crippen molar-refractivity contribution in [2.24, 2.45) is 0 Å². The molecular formula is C25H26ClF3N6O3. The number of likely N-dealkylation sites (tertiary alicyclic amines) is 1. The summed E-state index contributed by atoms with van der Waals surface area (Å²) in [5, 5.41) is 2.84. The van der Waals surface area contributed by atoms with Crippen LogP contribution >= 0.6 is 11.6 Å². The number of ether oxygens (including phenoxy) is 2. The van der Waals surface area contributed by atoms with Crippen LogP contribution in [0.3, 0.4) is 0 Å². The Hall–Kier alpha value is -3.54. The fraction of sp³-hybridized carbons (Fsp3) is 0.440. The van der Waals surface area contributed by atoms with Crippen molar-refractivity contribution in [1.82, 2.24) is 19.9 Å². The van der Waals surface area contributed by atoms with Gasteiger partial charge in [-0.05, 0) is 45.4 Å². The fourth-order valence-corrected chi connectivity index (χ4v) is 4.91. The summed E-state index contributed by atoms with van der Waals surface area (Å²) in [6.45, 7) is 5.75. The number of hydrogen-bond donors (Lipinski definition) is 1. The number of pyridine rings is 1. The average molecular weight is 551 g/mol. The molecule has 5 rings (SSSR count). The van der Waals surface area contributed by atoms with E-state index in [0.717, 1.165) is 12.5 Å². The monoisotopic (exact) mass is 550 g/mol. The van der Waals surface area contributed by atoms with Gasteiger partial charge in [-0.1, -0.05) is 11.6 Å². The SMILES string of the molecule is CC(C)(C)OC(=O)N1C[C@@H]2C[C@H]1CN2c1ccc2ncnc(Nc3cc(Cl)c(OCC(F)F)cc3F)c2n1. The Bertz CT molecular complexity index is 1370. The third kappa shape index (κ3) is 5.35. The van der Waals surface area contributed by atoms with E-state index in [1.54, 1.807) is 11.0 Å². The molecule has 2 aromatic heterocycles. The molecule has 9 nitrogen and oxygen atoms in total. The van der Waals surface area contributed by atoms with Crippen molar-refractivity contribution in [3.63, 3.8) is 0 Å². The zero-order valence-corrected chi connectivity index (χ0v) is 21.7. The number of aromatic nitrogens is 3. The van der Waals surface area contributed by atoms with E-state index in [0.29, 0.717) is 29.9 Å². The summed E-state index contributed by atoms with van der Waals surface area (Å²) in [5.41, 5.74) is 0.352. The minimum absolute atomic E-state index is 0.0130. The van der Waals surface area contributed by atoms with E-state index in [9.17, 15) is 18.0 Å². The van der Waals surface area contributed by atoms with Gasteiger partial charge in [0.1, 0.15) is 41.4 Å². The third-order valence-electron chi connectivity index (χ3n) is 6.27. The zero-order valence-electron chi connectivity index (χ0n) is 20.9. The second kappa shape index (κ2) is 9.97. The summed E-state index contributed by atoms with van der Waals surface area (Å²) in [7, 11) is 0. The van der Waals surface area contributed by atoms with E-state index in [1.165, 1.54) is 12.4 Å². The largest absolute Gasteiger partial charge is 0.486 e. The van der Waals surface area contributed by atoms with Crippen molar-refractivity contribution in [2.45, 2.75) is 51.3 Å². The lowest BCUT2D eigenvalue weighted by Crippen LogP contribution is -2.50. The number of alkyl halides is 2. The fourth-order valence-electron chi connectivity index (χ4n) is 4.69. The molecule has 0 spiro atoms. The highest BCUT2D eigenvalue weighted by Gasteiger charge is 2.47. The number of anilines is 3. The molecule has 2 bridgehead atoms. The van der Waals surface area contributed by atoms with Crippen molar-refractivity contribution < 1.29 is 27.4 Å². The Morgan fingerprint density at radius 1 is 1.21 bits per heavy atom. The summed E-state index contributed by atoms with van der Waals surface area (Å²) >= 11 is 6.12. The maximum Gasteiger partial charge on any atom is 0.410 e. The second-order valence-corrected chi connectivity index (χ2v) is 10.6. The molecule has 1 aromatic carbocycles. The van der Waals surface area contributed by atoms with E-state index < -0.39 is 24.5 Å². The first-order valence-corrected chi connectivity index (χ1v) is 12.4. The molecule has 0 radical (unpaired) electrons. The van der Waals surface area contributed by atoms with Crippen LogP contribution in [0, 0.1) is 5.82 Å². The Kier molecular flexibility index (Phi) is 6.84. The number of amides is 1. The van der Waals surface area contributed by atoms with Gasteiger partial charge in [-0.25, -0.2) is 32.9 Å². The van der Waals surface area contributed by atoms with E-state index in [-0.39, 0.29) is 40.5 Å². The number of piperazine rings is 1. The number of halogens is 4. The van der Waals surface area contributed by atoms with Gasteiger partial charge in [0.2, 0.25) is 0 Å². The molecule has 38 heavy (non-hydrogen) atoms. The van der Waals surface area contributed by atoms with Crippen LogP contribution in [0.2, 0.25) is 5.02 Å². The van der Waals surface area contributed by atoms with Crippen LogP contribution in [0.1, 0.15) is 27.2 Å². The van der Waals surface area contributed by atoms with E-state index >= 15 is 0 Å². The summed E-state index contributed by atoms with van der Waals surface area (Å²) in [4.78, 5) is 29.7. The molecular weight excluding hydrogens is 525 g/mol. The van der Waals surface area contributed by atoms with E-state index in [4.69, 9.17) is 26.1 Å². The number of benzene rings is 1. The van der Waals surface area contributed by atoms with Gasteiger partial charge in [0, 0.05) is 19.2 Å². The Morgan fingerprint density at radius 2 is 2.00 bits per heavy atom. The maximum atomic E-state index is 14.8. The Morgan fingerprint density at radius 3 is 2.68 bits per heavy atom.